The van der Waals surface area contributed by atoms with E-state index in [1.807, 2.05) is 75.4 Å². The fourth-order valence-electron chi connectivity index (χ4n) is 4.87. The summed E-state index contributed by atoms with van der Waals surface area (Å²) >= 11 is 0. The number of pyridine rings is 1. The number of hydrogen-bond acceptors (Lipinski definition) is 5. The van der Waals surface area contributed by atoms with Crippen LogP contribution in [0.3, 0.4) is 0 Å². The fourth-order valence-corrected chi connectivity index (χ4v) is 4.87. The summed E-state index contributed by atoms with van der Waals surface area (Å²) in [6.45, 7) is 6.84. The summed E-state index contributed by atoms with van der Waals surface area (Å²) in [5.41, 5.74) is 2.45. The van der Waals surface area contributed by atoms with Gasteiger partial charge in [0, 0.05) is 24.0 Å². The van der Waals surface area contributed by atoms with Crippen LogP contribution in [0.15, 0.2) is 54.6 Å². The van der Waals surface area contributed by atoms with E-state index in [9.17, 15) is 9.59 Å². The minimum atomic E-state index is -0.492. The Morgan fingerprint density at radius 3 is 2.22 bits per heavy atom. The quantitative estimate of drug-likeness (QED) is 0.415. The number of aromatic nitrogens is 1. The Hall–Kier alpha value is -3.61. The first-order valence-corrected chi connectivity index (χ1v) is 13.0. The number of benzene rings is 2. The number of para-hydroxylation sites is 2. The van der Waals surface area contributed by atoms with Gasteiger partial charge in [-0.05, 0) is 82.6 Å². The third-order valence-corrected chi connectivity index (χ3v) is 6.80. The molecule has 3 aromatic rings. The first-order chi connectivity index (χ1) is 17.7. The first kappa shape index (κ1) is 26.5. The molecule has 0 atom stereocenters. The predicted molar refractivity (Wildman–Crippen MR) is 146 cm³/mol. The van der Waals surface area contributed by atoms with Gasteiger partial charge in [-0.15, -0.1) is 0 Å². The Kier molecular flexibility index (Phi) is 8.31. The minimum absolute atomic E-state index is 0.0940. The highest BCUT2D eigenvalue weighted by Gasteiger charge is 2.24. The number of ether oxygens (including phenoxy) is 2. The molecular formula is C30H37N3O4. The number of carbonyl (C=O) groups is 2. The smallest absolute Gasteiger partial charge is 0.407 e. The van der Waals surface area contributed by atoms with Crippen molar-refractivity contribution in [3.05, 3.63) is 60.2 Å². The maximum atomic E-state index is 13.4. The van der Waals surface area contributed by atoms with E-state index in [1.165, 1.54) is 0 Å². The van der Waals surface area contributed by atoms with Crippen molar-refractivity contribution in [1.82, 2.24) is 15.6 Å². The largest absolute Gasteiger partial charge is 0.496 e. The van der Waals surface area contributed by atoms with Gasteiger partial charge in [-0.2, -0.15) is 0 Å². The Labute approximate surface area is 219 Å². The lowest BCUT2D eigenvalue weighted by molar-refractivity contribution is 0.0512. The molecule has 1 heterocycles. The van der Waals surface area contributed by atoms with Crippen LogP contribution >= 0.6 is 0 Å². The number of methoxy groups -OCH3 is 1. The third kappa shape index (κ3) is 7.00. The predicted octanol–water partition coefficient (Wildman–Crippen LogP) is 5.97. The van der Waals surface area contributed by atoms with Gasteiger partial charge in [0.05, 0.1) is 23.9 Å². The Balaban J connectivity index is 1.37. The monoisotopic (exact) mass is 503 g/mol. The number of carbonyl (C=O) groups excluding carboxylic acids is 2. The number of nitrogens with zero attached hydrogens (tertiary/aromatic N) is 1. The summed E-state index contributed by atoms with van der Waals surface area (Å²) in [6, 6.07) is 17.3. The van der Waals surface area contributed by atoms with Gasteiger partial charge in [0.2, 0.25) is 0 Å². The van der Waals surface area contributed by atoms with E-state index in [1.54, 1.807) is 7.11 Å². The SMILES string of the molecule is COc1ccccc1-c1cc(C(=O)NC[C@H]2CC[C@H](CNC(=O)OC(C)(C)C)CC2)c2ccccc2n1. The van der Waals surface area contributed by atoms with Gasteiger partial charge in [-0.1, -0.05) is 30.3 Å². The molecule has 0 aliphatic heterocycles. The van der Waals surface area contributed by atoms with Crippen molar-refractivity contribution in [3.8, 4) is 17.0 Å². The average Bonchev–Trinajstić information content (AvgIpc) is 2.89. The van der Waals surface area contributed by atoms with E-state index in [0.29, 0.717) is 36.2 Å². The molecule has 2 amide bonds. The lowest BCUT2D eigenvalue weighted by Crippen LogP contribution is -2.37. The summed E-state index contributed by atoms with van der Waals surface area (Å²) in [7, 11) is 1.63. The van der Waals surface area contributed by atoms with Crippen LogP contribution < -0.4 is 15.4 Å². The number of hydrogen-bond donors (Lipinski definition) is 2. The van der Waals surface area contributed by atoms with Gasteiger partial charge in [-0.3, -0.25) is 4.79 Å². The van der Waals surface area contributed by atoms with Crippen LogP contribution in [0.2, 0.25) is 0 Å². The van der Waals surface area contributed by atoms with Gasteiger partial charge in [0.15, 0.2) is 0 Å². The van der Waals surface area contributed by atoms with Crippen molar-refractivity contribution in [2.45, 2.75) is 52.1 Å². The lowest BCUT2D eigenvalue weighted by atomic mass is 9.82. The number of alkyl carbamates (subject to hydrolysis) is 1. The molecule has 7 heteroatoms. The normalized spacial score (nSPS) is 17.7. The Morgan fingerprint density at radius 2 is 1.54 bits per heavy atom. The van der Waals surface area contributed by atoms with E-state index in [-0.39, 0.29) is 12.0 Å². The summed E-state index contributed by atoms with van der Waals surface area (Å²) in [6.07, 6.45) is 3.72. The van der Waals surface area contributed by atoms with E-state index in [0.717, 1.165) is 47.9 Å². The second-order valence-electron chi connectivity index (χ2n) is 10.8. The van der Waals surface area contributed by atoms with Gasteiger partial charge in [0.1, 0.15) is 11.4 Å². The van der Waals surface area contributed by atoms with Gasteiger partial charge in [0.25, 0.3) is 5.91 Å². The standard InChI is InChI=1S/C30H37N3O4/c1-30(2,3)37-29(35)32-19-21-15-13-20(14-16-21)18-31-28(34)24-17-26(23-10-6-8-12-27(23)36-4)33-25-11-7-5-9-22(24)25/h5-12,17,20-21H,13-16,18-19H2,1-4H3,(H,31,34)(H,32,35)/t20-,21-. The van der Waals surface area contributed by atoms with Crippen LogP contribution in [0, 0.1) is 11.8 Å². The molecule has 0 bridgehead atoms. The summed E-state index contributed by atoms with van der Waals surface area (Å²) in [5.74, 6) is 1.48. The summed E-state index contributed by atoms with van der Waals surface area (Å²) in [4.78, 5) is 30.1. The Morgan fingerprint density at radius 1 is 0.919 bits per heavy atom. The fraction of sp³-hybridized carbons (Fsp3) is 0.433. The molecule has 1 saturated carbocycles. The highest BCUT2D eigenvalue weighted by molar-refractivity contribution is 6.07. The topological polar surface area (TPSA) is 89.6 Å². The average molecular weight is 504 g/mol. The molecule has 7 nitrogen and oxygen atoms in total. The van der Waals surface area contributed by atoms with Crippen molar-refractivity contribution in [2.75, 3.05) is 20.2 Å². The molecule has 0 radical (unpaired) electrons. The van der Waals surface area contributed by atoms with Gasteiger partial charge < -0.3 is 20.1 Å². The number of fused-ring (bicyclic) bond motifs is 1. The minimum Gasteiger partial charge on any atom is -0.496 e. The van der Waals surface area contributed by atoms with E-state index in [4.69, 9.17) is 14.5 Å². The van der Waals surface area contributed by atoms with Crippen LogP contribution in [0.5, 0.6) is 5.75 Å². The van der Waals surface area contributed by atoms with Crippen molar-refractivity contribution in [2.24, 2.45) is 11.8 Å². The second-order valence-corrected chi connectivity index (χ2v) is 10.8. The van der Waals surface area contributed by atoms with Crippen LogP contribution in [-0.2, 0) is 4.74 Å². The zero-order valence-corrected chi connectivity index (χ0v) is 22.2. The maximum Gasteiger partial charge on any atom is 0.407 e. The van der Waals surface area contributed by atoms with E-state index >= 15 is 0 Å². The first-order valence-electron chi connectivity index (χ1n) is 13.0. The van der Waals surface area contributed by atoms with Crippen LogP contribution in [0.1, 0.15) is 56.8 Å². The molecule has 1 aromatic heterocycles. The number of amides is 2. The van der Waals surface area contributed by atoms with Crippen LogP contribution in [0.25, 0.3) is 22.2 Å². The summed E-state index contributed by atoms with van der Waals surface area (Å²) < 4.78 is 10.9. The zero-order chi connectivity index (χ0) is 26.4. The lowest BCUT2D eigenvalue weighted by Gasteiger charge is -2.29. The molecule has 1 aliphatic rings. The number of rotatable bonds is 7. The molecule has 2 N–H and O–H groups in total. The van der Waals surface area contributed by atoms with Crippen molar-refractivity contribution >= 4 is 22.9 Å². The van der Waals surface area contributed by atoms with Crippen molar-refractivity contribution in [1.29, 1.82) is 0 Å². The highest BCUT2D eigenvalue weighted by Crippen LogP contribution is 2.32. The molecule has 2 aromatic carbocycles. The molecule has 196 valence electrons. The highest BCUT2D eigenvalue weighted by atomic mass is 16.6. The van der Waals surface area contributed by atoms with E-state index < -0.39 is 5.60 Å². The van der Waals surface area contributed by atoms with Gasteiger partial charge in [-0.25, -0.2) is 9.78 Å². The van der Waals surface area contributed by atoms with Crippen LogP contribution in [-0.4, -0.2) is 42.8 Å². The molecule has 0 spiro atoms. The second kappa shape index (κ2) is 11.6. The number of nitrogens with one attached hydrogen (secondary N) is 2. The van der Waals surface area contributed by atoms with E-state index in [2.05, 4.69) is 10.6 Å². The van der Waals surface area contributed by atoms with Gasteiger partial charge >= 0.3 is 6.09 Å². The maximum absolute atomic E-state index is 13.4. The third-order valence-electron chi connectivity index (χ3n) is 6.80. The molecule has 37 heavy (non-hydrogen) atoms. The Bertz CT molecular complexity index is 1240. The van der Waals surface area contributed by atoms with Crippen LogP contribution in [0.4, 0.5) is 4.79 Å². The molecule has 1 aliphatic carbocycles. The molecule has 4 rings (SSSR count). The zero-order valence-electron chi connectivity index (χ0n) is 22.2. The molecule has 0 unspecified atom stereocenters. The summed E-state index contributed by atoms with van der Waals surface area (Å²) in [5, 5.41) is 6.89. The molecule has 1 fully saturated rings. The molecular weight excluding hydrogens is 466 g/mol. The van der Waals surface area contributed by atoms with Crippen molar-refractivity contribution < 1.29 is 19.1 Å². The van der Waals surface area contributed by atoms with Crippen molar-refractivity contribution in [3.63, 3.8) is 0 Å². The molecule has 0 saturated heterocycles.